The zero-order chi connectivity index (χ0) is 26.4. The molecule has 0 heterocycles. The number of ether oxygens (including phenoxy) is 1. The van der Waals surface area contributed by atoms with Gasteiger partial charge in [-0.25, -0.2) is 0 Å². The first-order valence-corrected chi connectivity index (χ1v) is 12.1. The van der Waals surface area contributed by atoms with Crippen molar-refractivity contribution in [2.45, 2.75) is 65.5 Å². The molecule has 1 rings (SSSR count). The molecule has 0 bridgehead atoms. The maximum absolute atomic E-state index is 13.1. The van der Waals surface area contributed by atoms with E-state index in [1.807, 2.05) is 51.1 Å². The van der Waals surface area contributed by atoms with E-state index in [2.05, 4.69) is 23.8 Å². The third-order valence-electron chi connectivity index (χ3n) is 5.80. The minimum atomic E-state index is -0.620. The number of aliphatic hydroxyl groups excluding tert-OH is 1. The summed E-state index contributed by atoms with van der Waals surface area (Å²) in [6.07, 6.45) is 4.63. The van der Waals surface area contributed by atoms with Crippen molar-refractivity contribution in [1.82, 2.24) is 10.6 Å². The molecule has 2 amide bonds. The molecular weight excluding hydrogens is 444 g/mol. The van der Waals surface area contributed by atoms with Gasteiger partial charge in [-0.3, -0.25) is 14.4 Å². The van der Waals surface area contributed by atoms with Crippen molar-refractivity contribution in [2.24, 2.45) is 17.3 Å². The Kier molecular flexibility index (Phi) is 13.0. The van der Waals surface area contributed by atoms with Gasteiger partial charge in [-0.1, -0.05) is 63.3 Å². The Hall–Kier alpha value is -2.93. The summed E-state index contributed by atoms with van der Waals surface area (Å²) in [5, 5.41) is 14.8. The molecular formula is C28H42N2O5. The van der Waals surface area contributed by atoms with Crippen LogP contribution < -0.4 is 10.6 Å². The van der Waals surface area contributed by atoms with E-state index in [1.54, 1.807) is 19.1 Å². The number of hydrogen-bond acceptors (Lipinski definition) is 5. The Morgan fingerprint density at radius 2 is 1.63 bits per heavy atom. The van der Waals surface area contributed by atoms with Crippen molar-refractivity contribution in [3.63, 3.8) is 0 Å². The molecule has 0 aliphatic carbocycles. The van der Waals surface area contributed by atoms with Crippen LogP contribution in [0, 0.1) is 17.3 Å². The summed E-state index contributed by atoms with van der Waals surface area (Å²) >= 11 is 0. The highest BCUT2D eigenvalue weighted by atomic mass is 16.5. The normalized spacial score (nSPS) is 14.7. The highest BCUT2D eigenvalue weighted by Crippen LogP contribution is 2.22. The molecule has 7 heteroatoms. The molecule has 194 valence electrons. The molecule has 4 unspecified atom stereocenters. The Morgan fingerprint density at radius 3 is 2.17 bits per heavy atom. The number of carbonyl (C=O) groups excluding carboxylic acids is 3. The summed E-state index contributed by atoms with van der Waals surface area (Å²) in [5.74, 6) is -1.94. The molecule has 4 atom stereocenters. The Balaban J connectivity index is 2.84. The van der Waals surface area contributed by atoms with Crippen LogP contribution in [0.2, 0.25) is 0 Å². The zero-order valence-corrected chi connectivity index (χ0v) is 21.6. The second-order valence-electron chi connectivity index (χ2n) is 10.0. The predicted octanol–water partition coefficient (Wildman–Crippen LogP) is 3.57. The van der Waals surface area contributed by atoms with E-state index in [4.69, 9.17) is 9.84 Å². The molecule has 1 aromatic carbocycles. The lowest BCUT2D eigenvalue weighted by atomic mass is 9.86. The number of benzene rings is 1. The number of esters is 1. The Morgan fingerprint density at radius 1 is 1.03 bits per heavy atom. The number of nitrogens with one attached hydrogen (secondary N) is 2. The van der Waals surface area contributed by atoms with E-state index in [0.29, 0.717) is 19.3 Å². The summed E-state index contributed by atoms with van der Waals surface area (Å²) in [6, 6.07) is 8.89. The zero-order valence-electron chi connectivity index (χ0n) is 21.6. The first-order valence-electron chi connectivity index (χ1n) is 12.1. The lowest BCUT2D eigenvalue weighted by Crippen LogP contribution is -2.50. The van der Waals surface area contributed by atoms with Gasteiger partial charge in [-0.05, 0) is 37.2 Å². The van der Waals surface area contributed by atoms with Crippen LogP contribution in [0.25, 0.3) is 0 Å². The number of allylic oxidation sites excluding steroid dienone is 2. The van der Waals surface area contributed by atoms with Crippen LogP contribution in [-0.4, -0.2) is 48.2 Å². The van der Waals surface area contributed by atoms with Gasteiger partial charge in [0.2, 0.25) is 11.8 Å². The number of rotatable bonds is 15. The number of amides is 2. The van der Waals surface area contributed by atoms with Gasteiger partial charge in [0.05, 0.1) is 24.5 Å². The highest BCUT2D eigenvalue weighted by Gasteiger charge is 2.31. The quantitative estimate of drug-likeness (QED) is 0.260. The van der Waals surface area contributed by atoms with Crippen molar-refractivity contribution < 1.29 is 24.2 Å². The fourth-order valence-electron chi connectivity index (χ4n) is 3.53. The molecule has 0 saturated carbocycles. The smallest absolute Gasteiger partial charge is 0.309 e. The second-order valence-corrected chi connectivity index (χ2v) is 10.0. The molecule has 0 fully saturated rings. The average molecular weight is 487 g/mol. The summed E-state index contributed by atoms with van der Waals surface area (Å²) in [7, 11) is 0. The van der Waals surface area contributed by atoms with Crippen LogP contribution in [0.4, 0.5) is 0 Å². The minimum absolute atomic E-state index is 0.0189. The van der Waals surface area contributed by atoms with Crippen molar-refractivity contribution in [3.05, 3.63) is 61.2 Å². The summed E-state index contributed by atoms with van der Waals surface area (Å²) < 4.78 is 5.68. The SMILES string of the molecule is C=CCC(CC(=O)NC(C)CO)C(=O)NC(COC(=O)C(CC=C)Cc1ccccc1)C(C)(C)C. The molecule has 7 nitrogen and oxygen atoms in total. The third-order valence-corrected chi connectivity index (χ3v) is 5.80. The minimum Gasteiger partial charge on any atom is -0.463 e. The Bertz CT molecular complexity index is 831. The molecule has 1 aromatic rings. The molecule has 3 N–H and O–H groups in total. The van der Waals surface area contributed by atoms with E-state index in [-0.39, 0.29) is 43.3 Å². The second kappa shape index (κ2) is 15.1. The fraction of sp³-hybridized carbons (Fsp3) is 0.536. The third kappa shape index (κ3) is 11.4. The fourth-order valence-corrected chi connectivity index (χ4v) is 3.53. The van der Waals surface area contributed by atoms with E-state index < -0.39 is 23.4 Å². The first kappa shape index (κ1) is 30.1. The largest absolute Gasteiger partial charge is 0.463 e. The number of carbonyl (C=O) groups is 3. The number of hydrogen-bond donors (Lipinski definition) is 3. The monoisotopic (exact) mass is 486 g/mol. The van der Waals surface area contributed by atoms with E-state index >= 15 is 0 Å². The summed E-state index contributed by atoms with van der Waals surface area (Å²) in [4.78, 5) is 38.2. The predicted molar refractivity (Wildman–Crippen MR) is 138 cm³/mol. The summed E-state index contributed by atoms with van der Waals surface area (Å²) in [6.45, 7) is 14.8. The maximum atomic E-state index is 13.1. The molecule has 0 saturated heterocycles. The maximum Gasteiger partial charge on any atom is 0.309 e. The van der Waals surface area contributed by atoms with Crippen LogP contribution in [-0.2, 0) is 25.5 Å². The average Bonchev–Trinajstić information content (AvgIpc) is 2.80. The van der Waals surface area contributed by atoms with Crippen molar-refractivity contribution in [3.8, 4) is 0 Å². The lowest BCUT2D eigenvalue weighted by molar-refractivity contribution is -0.150. The summed E-state index contributed by atoms with van der Waals surface area (Å²) in [5.41, 5.74) is 0.647. The molecule has 0 spiro atoms. The van der Waals surface area contributed by atoms with Crippen molar-refractivity contribution in [1.29, 1.82) is 0 Å². The van der Waals surface area contributed by atoms with Gasteiger partial charge >= 0.3 is 5.97 Å². The molecule has 35 heavy (non-hydrogen) atoms. The van der Waals surface area contributed by atoms with E-state index in [9.17, 15) is 14.4 Å². The van der Waals surface area contributed by atoms with Crippen LogP contribution in [0.1, 0.15) is 52.5 Å². The van der Waals surface area contributed by atoms with Gasteiger partial charge < -0.3 is 20.5 Å². The van der Waals surface area contributed by atoms with Gasteiger partial charge in [-0.15, -0.1) is 13.2 Å². The first-order chi connectivity index (χ1) is 16.5. The number of aliphatic hydroxyl groups is 1. The molecule has 0 aliphatic rings. The van der Waals surface area contributed by atoms with E-state index in [0.717, 1.165) is 5.56 Å². The molecule has 0 aliphatic heterocycles. The van der Waals surface area contributed by atoms with Crippen molar-refractivity contribution in [2.75, 3.05) is 13.2 Å². The lowest BCUT2D eigenvalue weighted by Gasteiger charge is -2.32. The van der Waals surface area contributed by atoms with Crippen LogP contribution >= 0.6 is 0 Å². The van der Waals surface area contributed by atoms with Crippen LogP contribution in [0.15, 0.2) is 55.6 Å². The van der Waals surface area contributed by atoms with Gasteiger partial charge in [0, 0.05) is 12.5 Å². The van der Waals surface area contributed by atoms with Crippen molar-refractivity contribution >= 4 is 17.8 Å². The van der Waals surface area contributed by atoms with Gasteiger partial charge in [-0.2, -0.15) is 0 Å². The van der Waals surface area contributed by atoms with Crippen LogP contribution in [0.5, 0.6) is 0 Å². The van der Waals surface area contributed by atoms with Crippen LogP contribution in [0.3, 0.4) is 0 Å². The van der Waals surface area contributed by atoms with Gasteiger partial charge in [0.15, 0.2) is 0 Å². The van der Waals surface area contributed by atoms with E-state index in [1.165, 1.54) is 0 Å². The standard InChI is InChI=1S/C28H42N2O5/c1-7-12-22(17-25(32)29-20(3)18-31)26(33)30-24(28(4,5)6)19-35-27(34)23(13-8-2)16-21-14-10-9-11-15-21/h7-11,14-15,20,22-24,31H,1-2,12-13,16-19H2,3-6H3,(H,29,32)(H,30,33). The van der Waals surface area contributed by atoms with Gasteiger partial charge in [0.25, 0.3) is 0 Å². The highest BCUT2D eigenvalue weighted by molar-refractivity contribution is 5.86. The molecule has 0 radical (unpaired) electrons. The molecule has 0 aromatic heterocycles. The topological polar surface area (TPSA) is 105 Å². The Labute approximate surface area is 210 Å². The van der Waals surface area contributed by atoms with Gasteiger partial charge in [0.1, 0.15) is 6.61 Å².